The molecule has 0 radical (unpaired) electrons. The van der Waals surface area contributed by atoms with Gasteiger partial charge in [-0.05, 0) is 35.9 Å². The maximum Gasteiger partial charge on any atom is 0.269 e. The second-order valence-corrected chi connectivity index (χ2v) is 5.09. The van der Waals surface area contributed by atoms with Crippen molar-refractivity contribution in [3.8, 4) is 5.75 Å². The van der Waals surface area contributed by atoms with Gasteiger partial charge in [0.15, 0.2) is 0 Å². The number of hydrogen-bond acceptors (Lipinski definition) is 4. The van der Waals surface area contributed by atoms with E-state index in [0.717, 1.165) is 5.56 Å². The fraction of sp³-hybridized carbons (Fsp3) is 0.0714. The molecule has 0 saturated heterocycles. The molecule has 2 N–H and O–H groups in total. The van der Waals surface area contributed by atoms with Crippen LogP contribution in [0.25, 0.3) is 0 Å². The smallest absolute Gasteiger partial charge is 0.269 e. The summed E-state index contributed by atoms with van der Waals surface area (Å²) in [6, 6.07) is 11.1. The van der Waals surface area contributed by atoms with E-state index in [0.29, 0.717) is 16.3 Å². The van der Waals surface area contributed by atoms with Gasteiger partial charge in [0.25, 0.3) is 5.69 Å². The third kappa shape index (κ3) is 3.90. The van der Waals surface area contributed by atoms with Crippen LogP contribution in [-0.4, -0.2) is 9.91 Å². The van der Waals surface area contributed by atoms with Crippen LogP contribution in [0.2, 0.25) is 5.02 Å². The molecule has 0 spiro atoms. The minimum atomic E-state index is -0.450. The Kier molecular flexibility index (Phi) is 4.72. The highest BCUT2D eigenvalue weighted by atomic mass is 35.5. The van der Waals surface area contributed by atoms with Crippen LogP contribution in [0, 0.1) is 10.1 Å². The second kappa shape index (κ2) is 6.51. The number of halogens is 1. The lowest BCUT2D eigenvalue weighted by Gasteiger charge is -2.11. The van der Waals surface area contributed by atoms with Crippen LogP contribution in [-0.2, 0) is 6.61 Å². The van der Waals surface area contributed by atoms with Crippen molar-refractivity contribution in [1.29, 1.82) is 0 Å². The van der Waals surface area contributed by atoms with Gasteiger partial charge in [0.05, 0.1) is 10.5 Å². The zero-order valence-electron chi connectivity index (χ0n) is 10.8. The summed E-state index contributed by atoms with van der Waals surface area (Å²) in [6.07, 6.45) is 0. The topological polar surface area (TPSA) is 78.4 Å². The molecular weight excluding hydrogens is 312 g/mol. The minimum absolute atomic E-state index is 0.0362. The van der Waals surface area contributed by atoms with Gasteiger partial charge in [0, 0.05) is 17.2 Å². The van der Waals surface area contributed by atoms with Crippen LogP contribution in [0.15, 0.2) is 42.5 Å². The number of non-ortho nitro benzene ring substituents is 1. The molecule has 0 aliphatic rings. The highest BCUT2D eigenvalue weighted by Crippen LogP contribution is 2.24. The number of nitro groups is 1. The lowest BCUT2D eigenvalue weighted by molar-refractivity contribution is -0.384. The van der Waals surface area contributed by atoms with Crippen molar-refractivity contribution in [3.05, 3.63) is 68.7 Å². The van der Waals surface area contributed by atoms with Crippen molar-refractivity contribution in [2.75, 3.05) is 0 Å². The van der Waals surface area contributed by atoms with Crippen LogP contribution >= 0.6 is 23.8 Å². The molecule has 0 atom stereocenters. The molecule has 2 rings (SSSR count). The Balaban J connectivity index is 2.13. The average molecular weight is 323 g/mol. The number of rotatable bonds is 5. The minimum Gasteiger partial charge on any atom is -0.488 e. The number of benzene rings is 2. The van der Waals surface area contributed by atoms with Crippen LogP contribution in [0.3, 0.4) is 0 Å². The lowest BCUT2D eigenvalue weighted by Crippen LogP contribution is -2.11. The summed E-state index contributed by atoms with van der Waals surface area (Å²) in [5, 5.41) is 11.1. The Bertz CT molecular complexity index is 689. The first kappa shape index (κ1) is 15.2. The number of nitro benzene ring substituents is 1. The normalized spacial score (nSPS) is 10.1. The highest BCUT2D eigenvalue weighted by Gasteiger charge is 2.09. The maximum absolute atomic E-state index is 10.6. The van der Waals surface area contributed by atoms with Crippen LogP contribution in [0.5, 0.6) is 5.75 Å². The summed E-state index contributed by atoms with van der Waals surface area (Å²) in [5.74, 6) is 0.519. The molecule has 0 heterocycles. The molecule has 0 aromatic heterocycles. The Morgan fingerprint density at radius 1 is 1.29 bits per heavy atom. The Morgan fingerprint density at radius 2 is 1.95 bits per heavy atom. The van der Waals surface area contributed by atoms with Crippen molar-refractivity contribution >= 4 is 34.5 Å². The first-order chi connectivity index (χ1) is 9.97. The van der Waals surface area contributed by atoms with Gasteiger partial charge in [-0.15, -0.1) is 0 Å². The predicted octanol–water partition coefficient (Wildman–Crippen LogP) is 3.46. The van der Waals surface area contributed by atoms with E-state index in [-0.39, 0.29) is 17.3 Å². The number of nitrogens with two attached hydrogens (primary N) is 1. The van der Waals surface area contributed by atoms with Crippen LogP contribution in [0.4, 0.5) is 5.69 Å². The van der Waals surface area contributed by atoms with Gasteiger partial charge in [0.2, 0.25) is 0 Å². The number of nitrogens with zero attached hydrogens (tertiary/aromatic N) is 1. The van der Waals surface area contributed by atoms with Gasteiger partial charge in [-0.1, -0.05) is 23.8 Å². The summed E-state index contributed by atoms with van der Waals surface area (Å²) in [7, 11) is 0. The monoisotopic (exact) mass is 322 g/mol. The molecule has 108 valence electrons. The molecule has 0 fully saturated rings. The molecule has 2 aromatic rings. The highest BCUT2D eigenvalue weighted by molar-refractivity contribution is 7.80. The fourth-order valence-corrected chi connectivity index (χ4v) is 2.03. The molecule has 21 heavy (non-hydrogen) atoms. The van der Waals surface area contributed by atoms with Crippen LogP contribution < -0.4 is 10.5 Å². The molecule has 0 bridgehead atoms. The summed E-state index contributed by atoms with van der Waals surface area (Å²) in [6.45, 7) is 0.245. The molecule has 0 unspecified atom stereocenters. The second-order valence-electron chi connectivity index (χ2n) is 4.22. The number of hydrogen-bond donors (Lipinski definition) is 1. The lowest BCUT2D eigenvalue weighted by atomic mass is 10.2. The Labute approximate surface area is 131 Å². The molecule has 0 amide bonds. The van der Waals surface area contributed by atoms with Crippen molar-refractivity contribution < 1.29 is 9.66 Å². The molecule has 5 nitrogen and oxygen atoms in total. The molecular formula is C14H11ClN2O3S. The van der Waals surface area contributed by atoms with Crippen molar-refractivity contribution in [3.63, 3.8) is 0 Å². The summed E-state index contributed by atoms with van der Waals surface area (Å²) < 4.78 is 5.64. The fourth-order valence-electron chi connectivity index (χ4n) is 1.70. The SMILES string of the molecule is NC(=S)c1cc(Cl)ccc1OCc1ccc([N+](=O)[O-])cc1. The first-order valence-electron chi connectivity index (χ1n) is 5.93. The van der Waals surface area contributed by atoms with Crippen molar-refractivity contribution in [1.82, 2.24) is 0 Å². The molecule has 0 aliphatic heterocycles. The summed E-state index contributed by atoms with van der Waals surface area (Å²) in [4.78, 5) is 10.3. The van der Waals surface area contributed by atoms with Gasteiger partial charge < -0.3 is 10.5 Å². The zero-order valence-corrected chi connectivity index (χ0v) is 12.4. The van der Waals surface area contributed by atoms with Crippen LogP contribution in [0.1, 0.15) is 11.1 Å². The molecule has 2 aromatic carbocycles. The van der Waals surface area contributed by atoms with E-state index < -0.39 is 4.92 Å². The van der Waals surface area contributed by atoms with Gasteiger partial charge in [-0.3, -0.25) is 10.1 Å². The van der Waals surface area contributed by atoms with E-state index in [4.69, 9.17) is 34.3 Å². The average Bonchev–Trinajstić information content (AvgIpc) is 2.46. The van der Waals surface area contributed by atoms with E-state index >= 15 is 0 Å². The van der Waals surface area contributed by atoms with E-state index in [9.17, 15) is 10.1 Å². The number of thiocarbonyl (C=S) groups is 1. The largest absolute Gasteiger partial charge is 0.488 e. The van der Waals surface area contributed by atoms with Gasteiger partial charge in [0.1, 0.15) is 17.3 Å². The van der Waals surface area contributed by atoms with Crippen molar-refractivity contribution in [2.45, 2.75) is 6.61 Å². The third-order valence-corrected chi connectivity index (χ3v) is 3.20. The Morgan fingerprint density at radius 3 is 2.52 bits per heavy atom. The first-order valence-corrected chi connectivity index (χ1v) is 6.71. The van der Waals surface area contributed by atoms with Crippen molar-refractivity contribution in [2.24, 2.45) is 5.73 Å². The number of ether oxygens (including phenoxy) is 1. The van der Waals surface area contributed by atoms with E-state index in [2.05, 4.69) is 0 Å². The molecule has 0 saturated carbocycles. The third-order valence-electron chi connectivity index (χ3n) is 2.75. The van der Waals surface area contributed by atoms with E-state index in [1.54, 1.807) is 30.3 Å². The van der Waals surface area contributed by atoms with E-state index in [1.165, 1.54) is 12.1 Å². The standard InChI is InChI=1S/C14H11ClN2O3S/c15-10-3-6-13(12(7-10)14(16)21)20-8-9-1-4-11(5-2-9)17(18)19/h1-7H,8H2,(H2,16,21). The van der Waals surface area contributed by atoms with Gasteiger partial charge >= 0.3 is 0 Å². The zero-order chi connectivity index (χ0) is 15.4. The summed E-state index contributed by atoms with van der Waals surface area (Å²) in [5.41, 5.74) is 7.01. The van der Waals surface area contributed by atoms with E-state index in [1.807, 2.05) is 0 Å². The summed E-state index contributed by atoms with van der Waals surface area (Å²) >= 11 is 10.8. The Hall–Kier alpha value is -2.18. The molecule has 7 heteroatoms. The quantitative estimate of drug-likeness (QED) is 0.518. The predicted molar refractivity (Wildman–Crippen MR) is 84.8 cm³/mol. The van der Waals surface area contributed by atoms with Gasteiger partial charge in [-0.2, -0.15) is 0 Å². The van der Waals surface area contributed by atoms with Gasteiger partial charge in [-0.25, -0.2) is 0 Å². The maximum atomic E-state index is 10.6. The molecule has 0 aliphatic carbocycles.